The number of hydrogen-bond donors (Lipinski definition) is 2. The van der Waals surface area contributed by atoms with E-state index in [4.69, 9.17) is 0 Å². The minimum Gasteiger partial charge on any atom is -0.336 e. The molecule has 3 nitrogen and oxygen atoms in total. The molecule has 0 saturated carbocycles. The molecule has 0 bridgehead atoms. The Morgan fingerprint density at radius 2 is 2.13 bits per heavy atom. The summed E-state index contributed by atoms with van der Waals surface area (Å²) >= 11 is 3.16. The monoisotopic (exact) mass is 274 g/mol. The van der Waals surface area contributed by atoms with Crippen LogP contribution >= 0.6 is 15.9 Å². The Morgan fingerprint density at radius 1 is 1.47 bits per heavy atom. The van der Waals surface area contributed by atoms with Gasteiger partial charge in [0.2, 0.25) is 0 Å². The summed E-state index contributed by atoms with van der Waals surface area (Å²) in [7, 11) is 0. The smallest absolute Gasteiger partial charge is 0.319 e. The van der Waals surface area contributed by atoms with Crippen LogP contribution in [-0.4, -0.2) is 12.1 Å². The van der Waals surface area contributed by atoms with Crippen LogP contribution < -0.4 is 10.6 Å². The molecule has 1 rings (SSSR count). The molecule has 1 aromatic carbocycles. The number of carbonyl (C=O) groups excluding carboxylic acids is 1. The summed E-state index contributed by atoms with van der Waals surface area (Å²) < 4.78 is 13.8. The first-order valence-corrected chi connectivity index (χ1v) is 5.31. The van der Waals surface area contributed by atoms with Crippen LogP contribution in [0.25, 0.3) is 0 Å². The number of amides is 2. The van der Waals surface area contributed by atoms with Crippen LogP contribution in [0.3, 0.4) is 0 Å². The van der Waals surface area contributed by atoms with Gasteiger partial charge in [-0.15, -0.1) is 0 Å². The Labute approximate surface area is 96.2 Å². The SMILES string of the molecule is CC(C)NC(=O)Nc1c(F)cccc1Br. The van der Waals surface area contributed by atoms with Crippen molar-refractivity contribution in [1.29, 1.82) is 0 Å². The predicted molar refractivity (Wildman–Crippen MR) is 61.4 cm³/mol. The van der Waals surface area contributed by atoms with Gasteiger partial charge in [0.15, 0.2) is 0 Å². The fourth-order valence-corrected chi connectivity index (χ4v) is 1.47. The first-order chi connectivity index (χ1) is 7.00. The van der Waals surface area contributed by atoms with E-state index in [9.17, 15) is 9.18 Å². The van der Waals surface area contributed by atoms with Crippen LogP contribution in [0.5, 0.6) is 0 Å². The number of benzene rings is 1. The van der Waals surface area contributed by atoms with Crippen molar-refractivity contribution in [3.8, 4) is 0 Å². The molecule has 1 aromatic rings. The molecule has 0 fully saturated rings. The quantitative estimate of drug-likeness (QED) is 0.855. The third-order valence-electron chi connectivity index (χ3n) is 1.62. The molecule has 0 aromatic heterocycles. The van der Waals surface area contributed by atoms with E-state index in [1.54, 1.807) is 12.1 Å². The highest BCUT2D eigenvalue weighted by molar-refractivity contribution is 9.10. The van der Waals surface area contributed by atoms with Crippen molar-refractivity contribution in [2.24, 2.45) is 0 Å². The van der Waals surface area contributed by atoms with E-state index in [-0.39, 0.29) is 11.7 Å². The first-order valence-electron chi connectivity index (χ1n) is 4.52. The van der Waals surface area contributed by atoms with Gasteiger partial charge in [0.05, 0.1) is 5.69 Å². The van der Waals surface area contributed by atoms with Gasteiger partial charge in [-0.2, -0.15) is 0 Å². The Kier molecular flexibility index (Phi) is 4.08. The average molecular weight is 275 g/mol. The predicted octanol–water partition coefficient (Wildman–Crippen LogP) is 3.12. The van der Waals surface area contributed by atoms with E-state index in [1.165, 1.54) is 6.07 Å². The van der Waals surface area contributed by atoms with E-state index in [2.05, 4.69) is 26.6 Å². The summed E-state index contributed by atoms with van der Waals surface area (Å²) in [4.78, 5) is 11.3. The Hall–Kier alpha value is -1.10. The Balaban J connectivity index is 2.76. The van der Waals surface area contributed by atoms with E-state index >= 15 is 0 Å². The molecule has 2 N–H and O–H groups in total. The number of para-hydroxylation sites is 1. The van der Waals surface area contributed by atoms with Crippen LogP contribution in [0.15, 0.2) is 22.7 Å². The van der Waals surface area contributed by atoms with Gasteiger partial charge in [0, 0.05) is 10.5 Å². The average Bonchev–Trinajstić information content (AvgIpc) is 2.10. The largest absolute Gasteiger partial charge is 0.336 e. The lowest BCUT2D eigenvalue weighted by molar-refractivity contribution is 0.250. The van der Waals surface area contributed by atoms with Gasteiger partial charge in [-0.05, 0) is 41.9 Å². The summed E-state index contributed by atoms with van der Waals surface area (Å²) in [6, 6.07) is 4.10. The number of hydrogen-bond acceptors (Lipinski definition) is 1. The standard InChI is InChI=1S/C10H12BrFN2O/c1-6(2)13-10(15)14-9-7(11)4-3-5-8(9)12/h3-6H,1-2H3,(H2,13,14,15). The summed E-state index contributed by atoms with van der Waals surface area (Å²) in [5.41, 5.74) is 0.149. The molecule has 15 heavy (non-hydrogen) atoms. The number of anilines is 1. The summed E-state index contributed by atoms with van der Waals surface area (Å²) in [5, 5.41) is 5.05. The molecule has 0 atom stereocenters. The normalized spacial score (nSPS) is 10.2. The van der Waals surface area contributed by atoms with Crippen LogP contribution in [0.4, 0.5) is 14.9 Å². The van der Waals surface area contributed by atoms with E-state index in [0.717, 1.165) is 0 Å². The molecule has 5 heteroatoms. The summed E-state index contributed by atoms with van der Waals surface area (Å²) in [6.07, 6.45) is 0. The van der Waals surface area contributed by atoms with Crippen molar-refractivity contribution in [3.05, 3.63) is 28.5 Å². The van der Waals surface area contributed by atoms with Gasteiger partial charge in [-0.1, -0.05) is 6.07 Å². The maximum atomic E-state index is 13.3. The molecule has 0 unspecified atom stereocenters. The van der Waals surface area contributed by atoms with Crippen molar-refractivity contribution in [2.45, 2.75) is 19.9 Å². The number of nitrogens with one attached hydrogen (secondary N) is 2. The molecular weight excluding hydrogens is 263 g/mol. The topological polar surface area (TPSA) is 41.1 Å². The molecule has 0 radical (unpaired) electrons. The minimum atomic E-state index is -0.469. The minimum absolute atomic E-state index is 0.00977. The number of rotatable bonds is 2. The number of halogens is 2. The second kappa shape index (κ2) is 5.11. The molecular formula is C10H12BrFN2O. The molecule has 0 saturated heterocycles. The van der Waals surface area contributed by atoms with Crippen LogP contribution in [0, 0.1) is 5.82 Å². The van der Waals surface area contributed by atoms with Crippen molar-refractivity contribution in [1.82, 2.24) is 5.32 Å². The van der Waals surface area contributed by atoms with Gasteiger partial charge in [0.25, 0.3) is 0 Å². The van der Waals surface area contributed by atoms with Gasteiger partial charge < -0.3 is 10.6 Å². The van der Waals surface area contributed by atoms with Gasteiger partial charge >= 0.3 is 6.03 Å². The zero-order chi connectivity index (χ0) is 11.4. The molecule has 0 aliphatic rings. The highest BCUT2D eigenvalue weighted by Gasteiger charge is 2.10. The zero-order valence-electron chi connectivity index (χ0n) is 8.47. The molecule has 82 valence electrons. The maximum Gasteiger partial charge on any atom is 0.319 e. The van der Waals surface area contributed by atoms with Gasteiger partial charge in [0.1, 0.15) is 5.82 Å². The van der Waals surface area contributed by atoms with Crippen molar-refractivity contribution >= 4 is 27.6 Å². The molecule has 0 aliphatic heterocycles. The van der Waals surface area contributed by atoms with Crippen LogP contribution in [0.1, 0.15) is 13.8 Å². The summed E-state index contributed by atoms with van der Waals surface area (Å²) in [5.74, 6) is -0.469. The fraction of sp³-hybridized carbons (Fsp3) is 0.300. The summed E-state index contributed by atoms with van der Waals surface area (Å²) in [6.45, 7) is 3.66. The molecule has 0 aliphatic carbocycles. The molecule has 0 heterocycles. The fourth-order valence-electron chi connectivity index (χ4n) is 1.03. The molecule has 2 amide bonds. The highest BCUT2D eigenvalue weighted by atomic mass is 79.9. The van der Waals surface area contributed by atoms with Crippen molar-refractivity contribution in [3.63, 3.8) is 0 Å². The maximum absolute atomic E-state index is 13.3. The van der Waals surface area contributed by atoms with Crippen molar-refractivity contribution in [2.75, 3.05) is 5.32 Å². The Morgan fingerprint density at radius 3 is 2.67 bits per heavy atom. The lowest BCUT2D eigenvalue weighted by Crippen LogP contribution is -2.34. The van der Waals surface area contributed by atoms with Gasteiger partial charge in [-0.3, -0.25) is 0 Å². The van der Waals surface area contributed by atoms with E-state index < -0.39 is 11.8 Å². The first kappa shape index (κ1) is 12.0. The van der Waals surface area contributed by atoms with Crippen LogP contribution in [-0.2, 0) is 0 Å². The van der Waals surface area contributed by atoms with E-state index in [0.29, 0.717) is 4.47 Å². The zero-order valence-corrected chi connectivity index (χ0v) is 10.1. The highest BCUT2D eigenvalue weighted by Crippen LogP contribution is 2.24. The van der Waals surface area contributed by atoms with Crippen molar-refractivity contribution < 1.29 is 9.18 Å². The lowest BCUT2D eigenvalue weighted by atomic mass is 10.3. The number of urea groups is 1. The molecule has 0 spiro atoms. The second-order valence-corrected chi connectivity index (χ2v) is 4.20. The van der Waals surface area contributed by atoms with Crippen LogP contribution in [0.2, 0.25) is 0 Å². The van der Waals surface area contributed by atoms with Gasteiger partial charge in [-0.25, -0.2) is 9.18 Å². The third-order valence-corrected chi connectivity index (χ3v) is 2.28. The number of carbonyl (C=O) groups is 1. The third kappa shape index (κ3) is 3.51. The second-order valence-electron chi connectivity index (χ2n) is 3.35. The van der Waals surface area contributed by atoms with E-state index in [1.807, 2.05) is 13.8 Å². The lowest BCUT2D eigenvalue weighted by Gasteiger charge is -2.11. The Bertz CT molecular complexity index is 348.